The fourth-order valence-corrected chi connectivity index (χ4v) is 2.31. The third-order valence-corrected chi connectivity index (χ3v) is 3.53. The van der Waals surface area contributed by atoms with Gasteiger partial charge < -0.3 is 10.6 Å². The molecule has 0 radical (unpaired) electrons. The molecule has 0 fully saturated rings. The van der Waals surface area contributed by atoms with Crippen LogP contribution in [0.25, 0.3) is 0 Å². The fraction of sp³-hybridized carbons (Fsp3) is 0.150. The van der Waals surface area contributed by atoms with Gasteiger partial charge in [-0.1, -0.05) is 60.7 Å². The van der Waals surface area contributed by atoms with E-state index < -0.39 is 5.91 Å². The summed E-state index contributed by atoms with van der Waals surface area (Å²) in [7, 11) is 0. The maximum atomic E-state index is 12.5. The van der Waals surface area contributed by atoms with E-state index in [9.17, 15) is 10.1 Å². The van der Waals surface area contributed by atoms with Gasteiger partial charge in [0, 0.05) is 12.7 Å². The maximum Gasteiger partial charge on any atom is 0.264 e. The number of carbonyl (C=O) groups excluding carboxylic acids is 1. The SMILES string of the molecule is N#CCCN/C=C(/C#N)C(=O)NC(c1ccccc1)c1ccccc1. The predicted octanol–water partition coefficient (Wildman–Crippen LogP) is 2.80. The number of hydrogen-bond donors (Lipinski definition) is 2. The molecule has 5 nitrogen and oxygen atoms in total. The molecular weight excluding hydrogens is 312 g/mol. The zero-order chi connectivity index (χ0) is 17.9. The van der Waals surface area contributed by atoms with Crippen LogP contribution >= 0.6 is 0 Å². The second-order valence-corrected chi connectivity index (χ2v) is 5.26. The van der Waals surface area contributed by atoms with E-state index in [2.05, 4.69) is 10.6 Å². The zero-order valence-corrected chi connectivity index (χ0v) is 13.6. The van der Waals surface area contributed by atoms with Gasteiger partial charge in [0.15, 0.2) is 0 Å². The van der Waals surface area contributed by atoms with Crippen molar-refractivity contribution < 1.29 is 4.79 Å². The molecule has 0 bridgehead atoms. The first kappa shape index (κ1) is 17.8. The molecule has 0 unspecified atom stereocenters. The lowest BCUT2D eigenvalue weighted by molar-refractivity contribution is -0.117. The Morgan fingerprint density at radius 2 is 1.56 bits per heavy atom. The van der Waals surface area contributed by atoms with Gasteiger partial charge in [0.05, 0.1) is 18.5 Å². The van der Waals surface area contributed by atoms with Crippen molar-refractivity contribution in [3.05, 3.63) is 83.6 Å². The van der Waals surface area contributed by atoms with E-state index in [1.165, 1.54) is 6.20 Å². The molecule has 2 aromatic rings. The average molecular weight is 330 g/mol. The third kappa shape index (κ3) is 5.23. The highest BCUT2D eigenvalue weighted by atomic mass is 16.1. The van der Waals surface area contributed by atoms with Gasteiger partial charge >= 0.3 is 0 Å². The summed E-state index contributed by atoms with van der Waals surface area (Å²) >= 11 is 0. The highest BCUT2D eigenvalue weighted by Crippen LogP contribution is 2.22. The summed E-state index contributed by atoms with van der Waals surface area (Å²) in [5, 5.41) is 23.4. The molecule has 25 heavy (non-hydrogen) atoms. The highest BCUT2D eigenvalue weighted by molar-refractivity contribution is 5.97. The van der Waals surface area contributed by atoms with Crippen LogP contribution in [-0.4, -0.2) is 12.5 Å². The summed E-state index contributed by atoms with van der Waals surface area (Å²) < 4.78 is 0. The monoisotopic (exact) mass is 330 g/mol. The summed E-state index contributed by atoms with van der Waals surface area (Å²) in [4.78, 5) is 12.5. The molecule has 0 saturated heterocycles. The number of nitrogens with one attached hydrogen (secondary N) is 2. The Kier molecular flexibility index (Phi) is 6.79. The Morgan fingerprint density at radius 3 is 2.04 bits per heavy atom. The molecule has 0 aliphatic heterocycles. The first-order valence-corrected chi connectivity index (χ1v) is 7.87. The molecule has 0 aliphatic rings. The lowest BCUT2D eigenvalue weighted by atomic mass is 9.98. The van der Waals surface area contributed by atoms with E-state index in [4.69, 9.17) is 5.26 Å². The highest BCUT2D eigenvalue weighted by Gasteiger charge is 2.18. The molecule has 2 aromatic carbocycles. The summed E-state index contributed by atoms with van der Waals surface area (Å²) in [6.45, 7) is 0.385. The first-order chi connectivity index (χ1) is 12.3. The largest absolute Gasteiger partial charge is 0.389 e. The van der Waals surface area contributed by atoms with Crippen LogP contribution < -0.4 is 10.6 Å². The van der Waals surface area contributed by atoms with E-state index in [1.54, 1.807) is 0 Å². The van der Waals surface area contributed by atoms with Gasteiger partial charge in [0.1, 0.15) is 11.6 Å². The first-order valence-electron chi connectivity index (χ1n) is 7.87. The van der Waals surface area contributed by atoms with Crippen LogP contribution in [0.2, 0.25) is 0 Å². The number of nitriles is 2. The van der Waals surface area contributed by atoms with Gasteiger partial charge in [0.25, 0.3) is 5.91 Å². The van der Waals surface area contributed by atoms with Gasteiger partial charge in [-0.05, 0) is 11.1 Å². The Balaban J connectivity index is 2.20. The normalized spacial score (nSPS) is 10.6. The van der Waals surface area contributed by atoms with E-state index >= 15 is 0 Å². The van der Waals surface area contributed by atoms with Crippen molar-refractivity contribution in [2.75, 3.05) is 6.54 Å². The van der Waals surface area contributed by atoms with Gasteiger partial charge in [0.2, 0.25) is 0 Å². The minimum Gasteiger partial charge on any atom is -0.389 e. The molecule has 1 amide bonds. The van der Waals surface area contributed by atoms with Crippen LogP contribution in [0.1, 0.15) is 23.6 Å². The second-order valence-electron chi connectivity index (χ2n) is 5.26. The van der Waals surface area contributed by atoms with Crippen LogP contribution in [0.4, 0.5) is 0 Å². The zero-order valence-electron chi connectivity index (χ0n) is 13.6. The molecule has 0 aromatic heterocycles. The van der Waals surface area contributed by atoms with Crippen LogP contribution in [-0.2, 0) is 4.79 Å². The molecular formula is C20H18N4O. The number of nitrogens with zero attached hydrogens (tertiary/aromatic N) is 2. The Bertz CT molecular complexity index is 762. The van der Waals surface area contributed by atoms with Gasteiger partial charge in [-0.3, -0.25) is 4.79 Å². The minimum absolute atomic E-state index is 0.0326. The molecule has 2 rings (SSSR count). The van der Waals surface area contributed by atoms with E-state index in [1.807, 2.05) is 72.8 Å². The smallest absolute Gasteiger partial charge is 0.264 e. The van der Waals surface area contributed by atoms with Crippen LogP contribution in [0.3, 0.4) is 0 Å². The Labute approximate surface area is 147 Å². The number of amides is 1. The lowest BCUT2D eigenvalue weighted by Crippen LogP contribution is -2.31. The standard InChI is InChI=1S/C20H18N4O/c21-12-7-13-23-15-18(14-22)20(25)24-19(16-8-3-1-4-9-16)17-10-5-2-6-11-17/h1-6,8-11,15,19,23H,7,13H2,(H,24,25)/b18-15-. The molecule has 2 N–H and O–H groups in total. The van der Waals surface area contributed by atoms with Crippen molar-refractivity contribution in [3.8, 4) is 12.1 Å². The average Bonchev–Trinajstić information content (AvgIpc) is 2.67. The van der Waals surface area contributed by atoms with Crippen LogP contribution in [0.5, 0.6) is 0 Å². The van der Waals surface area contributed by atoms with Crippen molar-refractivity contribution in [1.82, 2.24) is 10.6 Å². The summed E-state index contributed by atoms with van der Waals surface area (Å²) in [6, 6.07) is 22.7. The summed E-state index contributed by atoms with van der Waals surface area (Å²) in [5.41, 5.74) is 1.82. The third-order valence-electron chi connectivity index (χ3n) is 3.53. The lowest BCUT2D eigenvalue weighted by Gasteiger charge is -2.19. The van der Waals surface area contributed by atoms with Gasteiger partial charge in [-0.2, -0.15) is 10.5 Å². The predicted molar refractivity (Wildman–Crippen MR) is 94.8 cm³/mol. The Morgan fingerprint density at radius 1 is 1.00 bits per heavy atom. The van der Waals surface area contributed by atoms with Crippen molar-refractivity contribution in [1.29, 1.82) is 10.5 Å². The summed E-state index contributed by atoms with van der Waals surface area (Å²) in [5.74, 6) is -0.468. The number of benzene rings is 2. The second kappa shape index (κ2) is 9.54. The molecule has 124 valence electrons. The fourth-order valence-electron chi connectivity index (χ4n) is 2.31. The van der Waals surface area contributed by atoms with Crippen molar-refractivity contribution >= 4 is 5.91 Å². The molecule has 0 heterocycles. The van der Waals surface area contributed by atoms with E-state index in [0.717, 1.165) is 11.1 Å². The quantitative estimate of drug-likeness (QED) is 0.464. The topological polar surface area (TPSA) is 88.7 Å². The molecule has 0 aliphatic carbocycles. The number of carbonyl (C=O) groups is 1. The molecule has 0 saturated carbocycles. The molecule has 5 heteroatoms. The van der Waals surface area contributed by atoms with Crippen molar-refractivity contribution in [3.63, 3.8) is 0 Å². The van der Waals surface area contributed by atoms with Gasteiger partial charge in [-0.25, -0.2) is 0 Å². The molecule has 0 spiro atoms. The minimum atomic E-state index is -0.468. The number of rotatable bonds is 7. The van der Waals surface area contributed by atoms with Crippen molar-refractivity contribution in [2.24, 2.45) is 0 Å². The van der Waals surface area contributed by atoms with Crippen molar-refractivity contribution in [2.45, 2.75) is 12.5 Å². The van der Waals surface area contributed by atoms with E-state index in [-0.39, 0.29) is 11.6 Å². The Hall–Kier alpha value is -3.57. The number of hydrogen-bond acceptors (Lipinski definition) is 4. The summed E-state index contributed by atoms with van der Waals surface area (Å²) in [6.07, 6.45) is 1.65. The van der Waals surface area contributed by atoms with Crippen LogP contribution in [0, 0.1) is 22.7 Å². The molecule has 0 atom stereocenters. The maximum absolute atomic E-state index is 12.5. The van der Waals surface area contributed by atoms with E-state index in [0.29, 0.717) is 13.0 Å². The van der Waals surface area contributed by atoms with Crippen LogP contribution in [0.15, 0.2) is 72.4 Å². The van der Waals surface area contributed by atoms with Gasteiger partial charge in [-0.15, -0.1) is 0 Å².